The van der Waals surface area contributed by atoms with Crippen LogP contribution in [-0.4, -0.2) is 30.6 Å². The molecule has 1 N–H and O–H groups in total. The fraction of sp³-hybridized carbons (Fsp3) is 0.556. The van der Waals surface area contributed by atoms with Gasteiger partial charge in [0.05, 0.1) is 0 Å². The zero-order chi connectivity index (χ0) is 17.5. The van der Waals surface area contributed by atoms with Crippen LogP contribution in [0.5, 0.6) is 5.75 Å². The molecule has 1 fully saturated rings. The van der Waals surface area contributed by atoms with Gasteiger partial charge >= 0.3 is 5.97 Å². The average Bonchev–Trinajstić information content (AvgIpc) is 2.57. The zero-order valence-corrected chi connectivity index (χ0v) is 14.8. The molecule has 2 rings (SSSR count). The molecule has 0 saturated heterocycles. The van der Waals surface area contributed by atoms with Gasteiger partial charge in [-0.25, -0.2) is 4.79 Å². The van der Waals surface area contributed by atoms with Crippen molar-refractivity contribution >= 4 is 23.5 Å². The minimum Gasteiger partial charge on any atom is -0.479 e. The van der Waals surface area contributed by atoms with Crippen LogP contribution in [0.25, 0.3) is 0 Å². The highest BCUT2D eigenvalue weighted by Gasteiger charge is 2.24. The van der Waals surface area contributed by atoms with E-state index in [1.165, 1.54) is 6.42 Å². The Labute approximate surface area is 147 Å². The molecule has 0 radical (unpaired) electrons. The van der Waals surface area contributed by atoms with Crippen LogP contribution in [0.1, 0.15) is 39.5 Å². The SMILES string of the molecule is C[C@@H](Oc1ccc(Cl)cc1)C(=O)OCC(=O)N[C@H]1CCCC[C@@H]1C. The predicted octanol–water partition coefficient (Wildman–Crippen LogP) is 3.35. The van der Waals surface area contributed by atoms with Gasteiger partial charge in [-0.2, -0.15) is 0 Å². The van der Waals surface area contributed by atoms with Crippen molar-refractivity contribution in [2.45, 2.75) is 51.7 Å². The minimum absolute atomic E-state index is 0.174. The van der Waals surface area contributed by atoms with Crippen molar-refractivity contribution < 1.29 is 19.1 Å². The largest absolute Gasteiger partial charge is 0.479 e. The highest BCUT2D eigenvalue weighted by molar-refractivity contribution is 6.30. The van der Waals surface area contributed by atoms with E-state index in [1.54, 1.807) is 31.2 Å². The molecule has 1 aromatic rings. The first-order valence-electron chi connectivity index (χ1n) is 8.34. The van der Waals surface area contributed by atoms with Crippen molar-refractivity contribution in [3.8, 4) is 5.75 Å². The van der Waals surface area contributed by atoms with Crippen molar-refractivity contribution in [1.29, 1.82) is 0 Å². The molecule has 0 bridgehead atoms. The summed E-state index contributed by atoms with van der Waals surface area (Å²) in [6.45, 7) is 3.44. The third-order valence-corrected chi connectivity index (χ3v) is 4.51. The Morgan fingerprint density at radius 1 is 1.25 bits per heavy atom. The molecule has 1 amide bonds. The minimum atomic E-state index is -0.799. The third-order valence-electron chi connectivity index (χ3n) is 4.26. The van der Waals surface area contributed by atoms with E-state index in [0.717, 1.165) is 19.3 Å². The number of hydrogen-bond acceptors (Lipinski definition) is 4. The summed E-state index contributed by atoms with van der Waals surface area (Å²) in [7, 11) is 0. The molecule has 24 heavy (non-hydrogen) atoms. The summed E-state index contributed by atoms with van der Waals surface area (Å²) < 4.78 is 10.5. The maximum absolute atomic E-state index is 11.9. The average molecular weight is 354 g/mol. The summed E-state index contributed by atoms with van der Waals surface area (Å²) in [5.41, 5.74) is 0. The maximum Gasteiger partial charge on any atom is 0.347 e. The van der Waals surface area contributed by atoms with Crippen molar-refractivity contribution in [3.05, 3.63) is 29.3 Å². The first-order chi connectivity index (χ1) is 11.5. The summed E-state index contributed by atoms with van der Waals surface area (Å²) in [4.78, 5) is 23.9. The molecule has 1 saturated carbocycles. The first kappa shape index (κ1) is 18.6. The molecule has 1 aliphatic rings. The smallest absolute Gasteiger partial charge is 0.347 e. The quantitative estimate of drug-likeness (QED) is 0.796. The van der Waals surface area contributed by atoms with E-state index < -0.39 is 12.1 Å². The van der Waals surface area contributed by atoms with Gasteiger partial charge < -0.3 is 14.8 Å². The van der Waals surface area contributed by atoms with E-state index in [1.807, 2.05) is 0 Å². The summed E-state index contributed by atoms with van der Waals surface area (Å²) in [5.74, 6) is 0.146. The number of benzene rings is 1. The summed E-state index contributed by atoms with van der Waals surface area (Å²) >= 11 is 5.79. The van der Waals surface area contributed by atoms with E-state index >= 15 is 0 Å². The molecule has 0 heterocycles. The van der Waals surface area contributed by atoms with Crippen molar-refractivity contribution in [3.63, 3.8) is 0 Å². The van der Waals surface area contributed by atoms with E-state index in [-0.39, 0.29) is 18.6 Å². The molecular formula is C18H24ClNO4. The van der Waals surface area contributed by atoms with Crippen molar-refractivity contribution in [2.24, 2.45) is 5.92 Å². The number of rotatable bonds is 6. The Kier molecular flexibility index (Phi) is 6.91. The summed E-state index contributed by atoms with van der Waals surface area (Å²) in [5, 5.41) is 3.54. The first-order valence-corrected chi connectivity index (χ1v) is 8.71. The monoisotopic (exact) mass is 353 g/mol. The van der Waals surface area contributed by atoms with Gasteiger partial charge in [-0.3, -0.25) is 4.79 Å². The molecule has 5 nitrogen and oxygen atoms in total. The molecule has 1 aromatic carbocycles. The van der Waals surface area contributed by atoms with E-state index in [9.17, 15) is 9.59 Å². The molecule has 1 aliphatic carbocycles. The number of amides is 1. The topological polar surface area (TPSA) is 64.6 Å². The second kappa shape index (κ2) is 8.92. The fourth-order valence-corrected chi connectivity index (χ4v) is 2.92. The van der Waals surface area contributed by atoms with Crippen molar-refractivity contribution in [2.75, 3.05) is 6.61 Å². The Morgan fingerprint density at radius 3 is 2.58 bits per heavy atom. The van der Waals surface area contributed by atoms with Crippen LogP contribution in [-0.2, 0) is 14.3 Å². The molecule has 0 aliphatic heterocycles. The van der Waals surface area contributed by atoms with Crippen LogP contribution in [0.2, 0.25) is 5.02 Å². The third kappa shape index (κ3) is 5.71. The number of carbonyl (C=O) groups excluding carboxylic acids is 2. The van der Waals surface area contributed by atoms with E-state index in [4.69, 9.17) is 21.1 Å². The van der Waals surface area contributed by atoms with Gasteiger partial charge in [0.1, 0.15) is 5.75 Å². The molecule has 3 atom stereocenters. The number of halogens is 1. The Balaban J connectivity index is 1.73. The second-order valence-electron chi connectivity index (χ2n) is 6.26. The zero-order valence-electron chi connectivity index (χ0n) is 14.1. The van der Waals surface area contributed by atoms with Gasteiger partial charge in [0.15, 0.2) is 12.7 Å². The number of ether oxygens (including phenoxy) is 2. The molecule has 0 spiro atoms. The van der Waals surface area contributed by atoms with Gasteiger partial charge in [0, 0.05) is 11.1 Å². The van der Waals surface area contributed by atoms with Crippen LogP contribution in [0, 0.1) is 5.92 Å². The molecule has 6 heteroatoms. The van der Waals surface area contributed by atoms with Crippen LogP contribution in [0.15, 0.2) is 24.3 Å². The highest BCUT2D eigenvalue weighted by atomic mass is 35.5. The Bertz CT molecular complexity index is 561. The van der Waals surface area contributed by atoms with Crippen molar-refractivity contribution in [1.82, 2.24) is 5.32 Å². The standard InChI is InChI=1S/C18H24ClNO4/c1-12-5-3-4-6-16(12)20-17(21)11-23-18(22)13(2)24-15-9-7-14(19)8-10-15/h7-10,12-13,16H,3-6,11H2,1-2H3,(H,20,21)/t12-,13+,16-/m0/s1. The number of carbonyl (C=O) groups is 2. The van der Waals surface area contributed by atoms with E-state index in [0.29, 0.717) is 16.7 Å². The van der Waals surface area contributed by atoms with Gasteiger partial charge in [-0.1, -0.05) is 31.4 Å². The lowest BCUT2D eigenvalue weighted by atomic mass is 9.86. The van der Waals surface area contributed by atoms with Gasteiger partial charge in [0.25, 0.3) is 5.91 Å². The lowest BCUT2D eigenvalue weighted by molar-refractivity contribution is -0.155. The number of nitrogens with one attached hydrogen (secondary N) is 1. The summed E-state index contributed by atoms with van der Waals surface area (Å²) in [6.07, 6.45) is 3.64. The van der Waals surface area contributed by atoms with Gasteiger partial charge in [-0.15, -0.1) is 0 Å². The van der Waals surface area contributed by atoms with Crippen LogP contribution >= 0.6 is 11.6 Å². The van der Waals surface area contributed by atoms with E-state index in [2.05, 4.69) is 12.2 Å². The Hall–Kier alpha value is -1.75. The molecule has 132 valence electrons. The molecular weight excluding hydrogens is 330 g/mol. The van der Waals surface area contributed by atoms with Crippen LogP contribution in [0.3, 0.4) is 0 Å². The lowest BCUT2D eigenvalue weighted by Gasteiger charge is -2.29. The normalized spacial score (nSPS) is 21.6. The number of hydrogen-bond donors (Lipinski definition) is 1. The highest BCUT2D eigenvalue weighted by Crippen LogP contribution is 2.23. The van der Waals surface area contributed by atoms with Crippen LogP contribution < -0.4 is 10.1 Å². The summed E-state index contributed by atoms with van der Waals surface area (Å²) in [6, 6.07) is 6.86. The maximum atomic E-state index is 11.9. The lowest BCUT2D eigenvalue weighted by Crippen LogP contribution is -2.43. The fourth-order valence-electron chi connectivity index (χ4n) is 2.80. The molecule has 0 unspecified atom stereocenters. The van der Waals surface area contributed by atoms with Gasteiger partial charge in [-0.05, 0) is 49.9 Å². The van der Waals surface area contributed by atoms with Crippen LogP contribution in [0.4, 0.5) is 0 Å². The molecule has 0 aromatic heterocycles. The number of esters is 1. The second-order valence-corrected chi connectivity index (χ2v) is 6.69. The Morgan fingerprint density at radius 2 is 1.92 bits per heavy atom. The van der Waals surface area contributed by atoms with Gasteiger partial charge in [0.2, 0.25) is 0 Å². The predicted molar refractivity (Wildman–Crippen MR) is 92.1 cm³/mol.